The van der Waals surface area contributed by atoms with Crippen LogP contribution in [0.4, 0.5) is 0 Å². The molecule has 0 spiro atoms. The average Bonchev–Trinajstić information content (AvgIpc) is 2.12. The fraction of sp³-hybridized carbons (Fsp3) is 0.933. The lowest BCUT2D eigenvalue weighted by atomic mass is 9.53. The van der Waals surface area contributed by atoms with Crippen molar-refractivity contribution in [2.75, 3.05) is 7.11 Å². The van der Waals surface area contributed by atoms with Gasteiger partial charge in [0.15, 0.2) is 0 Å². The lowest BCUT2D eigenvalue weighted by molar-refractivity contribution is -0.147. The molecule has 0 bridgehead atoms. The SMILES string of the molecule is COC(=O)CC1(C(C)(C)N)CC(C)CC(C)(C)C1. The highest BCUT2D eigenvalue weighted by molar-refractivity contribution is 5.70. The minimum Gasteiger partial charge on any atom is -0.469 e. The molecule has 0 heterocycles. The van der Waals surface area contributed by atoms with E-state index < -0.39 is 0 Å². The molecule has 0 aromatic heterocycles. The summed E-state index contributed by atoms with van der Waals surface area (Å²) in [4.78, 5) is 11.8. The Morgan fingerprint density at radius 1 is 1.39 bits per heavy atom. The fourth-order valence-corrected chi connectivity index (χ4v) is 3.94. The van der Waals surface area contributed by atoms with Gasteiger partial charge in [0.1, 0.15) is 0 Å². The first-order chi connectivity index (χ1) is 8.01. The molecule has 0 radical (unpaired) electrons. The van der Waals surface area contributed by atoms with Gasteiger partial charge in [0.25, 0.3) is 0 Å². The summed E-state index contributed by atoms with van der Waals surface area (Å²) in [5.74, 6) is 0.458. The van der Waals surface area contributed by atoms with Crippen molar-refractivity contribution in [2.45, 2.75) is 65.8 Å². The van der Waals surface area contributed by atoms with Crippen LogP contribution in [0.3, 0.4) is 0 Å². The Morgan fingerprint density at radius 3 is 2.33 bits per heavy atom. The average molecular weight is 255 g/mol. The fourth-order valence-electron chi connectivity index (χ4n) is 3.94. The van der Waals surface area contributed by atoms with Crippen LogP contribution >= 0.6 is 0 Å². The summed E-state index contributed by atoms with van der Waals surface area (Å²) in [7, 11) is 1.46. The van der Waals surface area contributed by atoms with Crippen molar-refractivity contribution in [1.82, 2.24) is 0 Å². The third-order valence-corrected chi connectivity index (χ3v) is 4.53. The van der Waals surface area contributed by atoms with E-state index in [1.54, 1.807) is 0 Å². The molecule has 1 aliphatic rings. The Kier molecular flexibility index (Phi) is 4.16. The van der Waals surface area contributed by atoms with Gasteiger partial charge >= 0.3 is 5.97 Å². The quantitative estimate of drug-likeness (QED) is 0.788. The molecule has 2 N–H and O–H groups in total. The summed E-state index contributed by atoms with van der Waals surface area (Å²) < 4.78 is 4.88. The Morgan fingerprint density at radius 2 is 1.94 bits per heavy atom. The molecule has 1 saturated carbocycles. The maximum atomic E-state index is 11.8. The molecule has 0 aromatic carbocycles. The third-order valence-electron chi connectivity index (χ3n) is 4.53. The standard InChI is InChI=1S/C15H29NO2/c1-11-7-13(2,3)10-15(8-11,14(4,5)16)9-12(17)18-6/h11H,7-10,16H2,1-6H3. The van der Waals surface area contributed by atoms with E-state index in [1.807, 2.05) is 13.8 Å². The van der Waals surface area contributed by atoms with Gasteiger partial charge in [0.2, 0.25) is 0 Å². The van der Waals surface area contributed by atoms with Crippen molar-refractivity contribution in [3.05, 3.63) is 0 Å². The zero-order valence-corrected chi connectivity index (χ0v) is 12.8. The first-order valence-corrected chi connectivity index (χ1v) is 6.87. The number of methoxy groups -OCH3 is 1. The van der Waals surface area contributed by atoms with Gasteiger partial charge in [0, 0.05) is 5.54 Å². The highest BCUT2D eigenvalue weighted by Gasteiger charge is 2.51. The summed E-state index contributed by atoms with van der Waals surface area (Å²) in [5, 5.41) is 0. The van der Waals surface area contributed by atoms with Crippen molar-refractivity contribution in [2.24, 2.45) is 22.5 Å². The highest BCUT2D eigenvalue weighted by Crippen LogP contribution is 2.54. The minimum atomic E-state index is -0.368. The van der Waals surface area contributed by atoms with Crippen LogP contribution in [0.2, 0.25) is 0 Å². The minimum absolute atomic E-state index is 0.140. The second kappa shape index (κ2) is 4.84. The van der Waals surface area contributed by atoms with Gasteiger partial charge < -0.3 is 10.5 Å². The molecule has 1 aliphatic carbocycles. The summed E-state index contributed by atoms with van der Waals surface area (Å²) in [6.07, 6.45) is 3.63. The van der Waals surface area contributed by atoms with Crippen LogP contribution in [0.1, 0.15) is 60.3 Å². The van der Waals surface area contributed by atoms with E-state index in [-0.39, 0.29) is 22.3 Å². The Bertz CT molecular complexity index is 317. The molecule has 0 aliphatic heterocycles. The molecule has 1 fully saturated rings. The number of esters is 1. The molecule has 0 saturated heterocycles. The molecule has 3 heteroatoms. The van der Waals surface area contributed by atoms with E-state index in [1.165, 1.54) is 13.5 Å². The number of carbonyl (C=O) groups excluding carboxylic acids is 1. The van der Waals surface area contributed by atoms with Gasteiger partial charge in [-0.3, -0.25) is 4.79 Å². The lowest BCUT2D eigenvalue weighted by Gasteiger charge is -2.53. The van der Waals surface area contributed by atoms with Gasteiger partial charge in [-0.2, -0.15) is 0 Å². The van der Waals surface area contributed by atoms with Crippen LogP contribution in [0, 0.1) is 16.7 Å². The predicted molar refractivity (Wildman–Crippen MR) is 74.1 cm³/mol. The zero-order chi connectivity index (χ0) is 14.2. The van der Waals surface area contributed by atoms with Crippen LogP contribution in [0.5, 0.6) is 0 Å². The van der Waals surface area contributed by atoms with Gasteiger partial charge in [-0.15, -0.1) is 0 Å². The Balaban J connectivity index is 3.08. The molecule has 2 atom stereocenters. The topological polar surface area (TPSA) is 52.3 Å². The van der Waals surface area contributed by atoms with E-state index in [2.05, 4.69) is 20.8 Å². The smallest absolute Gasteiger partial charge is 0.306 e. The molecule has 3 nitrogen and oxygen atoms in total. The summed E-state index contributed by atoms with van der Waals surface area (Å²) >= 11 is 0. The molecule has 1 rings (SSSR count). The Labute approximate surface area is 111 Å². The summed E-state index contributed by atoms with van der Waals surface area (Å²) in [6.45, 7) is 10.9. The molecular weight excluding hydrogens is 226 g/mol. The van der Waals surface area contributed by atoms with Crippen molar-refractivity contribution in [3.8, 4) is 0 Å². The highest BCUT2D eigenvalue weighted by atomic mass is 16.5. The van der Waals surface area contributed by atoms with Crippen LogP contribution in [-0.2, 0) is 9.53 Å². The monoisotopic (exact) mass is 255 g/mol. The van der Waals surface area contributed by atoms with Gasteiger partial charge in [-0.05, 0) is 49.9 Å². The first-order valence-electron chi connectivity index (χ1n) is 6.87. The number of rotatable bonds is 3. The number of nitrogens with two attached hydrogens (primary N) is 1. The van der Waals surface area contributed by atoms with E-state index in [9.17, 15) is 4.79 Å². The summed E-state index contributed by atoms with van der Waals surface area (Å²) in [5.41, 5.74) is 6.14. The van der Waals surface area contributed by atoms with Crippen LogP contribution in [-0.4, -0.2) is 18.6 Å². The van der Waals surface area contributed by atoms with E-state index in [0.717, 1.165) is 12.8 Å². The van der Waals surface area contributed by atoms with Gasteiger partial charge in [-0.1, -0.05) is 20.8 Å². The number of hydrogen-bond donors (Lipinski definition) is 1. The maximum absolute atomic E-state index is 11.8. The van der Waals surface area contributed by atoms with Gasteiger partial charge in [-0.25, -0.2) is 0 Å². The van der Waals surface area contributed by atoms with E-state index in [0.29, 0.717) is 12.3 Å². The van der Waals surface area contributed by atoms with Crippen LogP contribution in [0.15, 0.2) is 0 Å². The normalized spacial score (nSPS) is 32.1. The van der Waals surface area contributed by atoms with Crippen molar-refractivity contribution >= 4 is 5.97 Å². The van der Waals surface area contributed by atoms with Crippen molar-refractivity contribution < 1.29 is 9.53 Å². The lowest BCUT2D eigenvalue weighted by Crippen LogP contribution is -2.56. The summed E-state index contributed by atoms with van der Waals surface area (Å²) in [6, 6.07) is 0. The Hall–Kier alpha value is -0.570. The second-order valence-corrected chi connectivity index (χ2v) is 7.61. The van der Waals surface area contributed by atoms with Crippen LogP contribution < -0.4 is 5.73 Å². The second-order valence-electron chi connectivity index (χ2n) is 7.61. The van der Waals surface area contributed by atoms with Gasteiger partial charge in [0.05, 0.1) is 13.5 Å². The molecule has 18 heavy (non-hydrogen) atoms. The maximum Gasteiger partial charge on any atom is 0.306 e. The first kappa shape index (κ1) is 15.5. The largest absolute Gasteiger partial charge is 0.469 e. The predicted octanol–water partition coefficient (Wildman–Crippen LogP) is 3.12. The van der Waals surface area contributed by atoms with Crippen molar-refractivity contribution in [3.63, 3.8) is 0 Å². The number of hydrogen-bond acceptors (Lipinski definition) is 3. The number of carbonyl (C=O) groups is 1. The zero-order valence-electron chi connectivity index (χ0n) is 12.8. The van der Waals surface area contributed by atoms with Crippen molar-refractivity contribution in [1.29, 1.82) is 0 Å². The molecule has 2 unspecified atom stereocenters. The van der Waals surface area contributed by atoms with E-state index >= 15 is 0 Å². The molecule has 106 valence electrons. The third kappa shape index (κ3) is 3.25. The molecule has 0 aromatic rings. The van der Waals surface area contributed by atoms with E-state index in [4.69, 9.17) is 10.5 Å². The number of ether oxygens (including phenoxy) is 1. The molecule has 0 amide bonds. The molecular formula is C15H29NO2. The van der Waals surface area contributed by atoms with Crippen LogP contribution in [0.25, 0.3) is 0 Å².